The molecule has 0 bridgehead atoms. The summed E-state index contributed by atoms with van der Waals surface area (Å²) in [4.78, 5) is 34.3. The third-order valence-corrected chi connectivity index (χ3v) is 7.39. The lowest BCUT2D eigenvalue weighted by Gasteiger charge is -2.28. The first kappa shape index (κ1) is 22.1. The lowest BCUT2D eigenvalue weighted by atomic mass is 10.0. The van der Waals surface area contributed by atoms with E-state index in [1.165, 1.54) is 10.4 Å². The minimum atomic E-state index is -0.261. The SMILES string of the molecule is COc1ccc2nc(C)c(C(=O)Nc3cccc(C(=O)N4CCc5sccc5C4)c3C)cc2c1. The van der Waals surface area contributed by atoms with Gasteiger partial charge in [0.1, 0.15) is 5.75 Å². The van der Waals surface area contributed by atoms with Gasteiger partial charge in [-0.15, -0.1) is 11.3 Å². The second kappa shape index (κ2) is 8.91. The van der Waals surface area contributed by atoms with Crippen LogP contribution in [0.2, 0.25) is 0 Å². The molecule has 0 fully saturated rings. The molecule has 2 aromatic heterocycles. The molecule has 0 aliphatic carbocycles. The molecule has 34 heavy (non-hydrogen) atoms. The Balaban J connectivity index is 1.40. The number of carbonyl (C=O) groups excluding carboxylic acids is 2. The Labute approximate surface area is 202 Å². The normalized spacial score (nSPS) is 13.0. The van der Waals surface area contributed by atoms with E-state index >= 15 is 0 Å². The molecule has 4 aromatic rings. The van der Waals surface area contributed by atoms with Gasteiger partial charge in [0.25, 0.3) is 11.8 Å². The van der Waals surface area contributed by atoms with E-state index in [0.29, 0.717) is 41.3 Å². The summed E-state index contributed by atoms with van der Waals surface area (Å²) in [6, 6.07) is 15.0. The summed E-state index contributed by atoms with van der Waals surface area (Å²) >= 11 is 1.75. The van der Waals surface area contributed by atoms with E-state index in [2.05, 4.69) is 21.7 Å². The molecule has 0 atom stereocenters. The fourth-order valence-corrected chi connectivity index (χ4v) is 5.28. The summed E-state index contributed by atoms with van der Waals surface area (Å²) in [7, 11) is 1.61. The predicted octanol–water partition coefficient (Wildman–Crippen LogP) is 5.37. The van der Waals surface area contributed by atoms with Crippen LogP contribution in [0.25, 0.3) is 10.9 Å². The fourth-order valence-electron chi connectivity index (χ4n) is 4.39. The second-order valence-electron chi connectivity index (χ2n) is 8.46. The second-order valence-corrected chi connectivity index (χ2v) is 9.46. The topological polar surface area (TPSA) is 71.5 Å². The Morgan fingerprint density at radius 3 is 2.76 bits per heavy atom. The van der Waals surface area contributed by atoms with Crippen LogP contribution in [-0.2, 0) is 13.0 Å². The molecule has 3 heterocycles. The van der Waals surface area contributed by atoms with E-state index in [1.54, 1.807) is 18.4 Å². The van der Waals surface area contributed by atoms with Gasteiger partial charge < -0.3 is 15.0 Å². The number of nitrogens with one attached hydrogen (secondary N) is 1. The maximum absolute atomic E-state index is 13.3. The van der Waals surface area contributed by atoms with Crippen LogP contribution in [0.15, 0.2) is 53.9 Å². The van der Waals surface area contributed by atoms with Crippen LogP contribution in [0.4, 0.5) is 5.69 Å². The number of fused-ring (bicyclic) bond motifs is 2. The zero-order valence-corrected chi connectivity index (χ0v) is 20.2. The van der Waals surface area contributed by atoms with Crippen molar-refractivity contribution in [1.29, 1.82) is 0 Å². The van der Waals surface area contributed by atoms with Gasteiger partial charge in [0.15, 0.2) is 0 Å². The maximum Gasteiger partial charge on any atom is 0.257 e. The van der Waals surface area contributed by atoms with Crippen LogP contribution >= 0.6 is 11.3 Å². The summed E-state index contributed by atoms with van der Waals surface area (Å²) in [5.74, 6) is 0.434. The third-order valence-electron chi connectivity index (χ3n) is 6.36. The summed E-state index contributed by atoms with van der Waals surface area (Å²) in [6.45, 7) is 5.02. The van der Waals surface area contributed by atoms with Gasteiger partial charge in [-0.05, 0) is 79.2 Å². The molecule has 0 saturated heterocycles. The molecule has 1 aliphatic rings. The number of nitrogens with zero attached hydrogens (tertiary/aromatic N) is 2. The van der Waals surface area contributed by atoms with Crippen molar-refractivity contribution in [3.63, 3.8) is 0 Å². The molecular formula is C27H25N3O3S. The number of methoxy groups -OCH3 is 1. The highest BCUT2D eigenvalue weighted by atomic mass is 32.1. The van der Waals surface area contributed by atoms with Crippen LogP contribution in [-0.4, -0.2) is 35.4 Å². The van der Waals surface area contributed by atoms with E-state index in [0.717, 1.165) is 22.9 Å². The van der Waals surface area contributed by atoms with Crippen LogP contribution < -0.4 is 10.1 Å². The molecule has 0 radical (unpaired) electrons. The van der Waals surface area contributed by atoms with Crippen LogP contribution in [0, 0.1) is 13.8 Å². The molecule has 172 valence electrons. The number of ether oxygens (including phenoxy) is 1. The lowest BCUT2D eigenvalue weighted by Crippen LogP contribution is -2.35. The largest absolute Gasteiger partial charge is 0.497 e. The Kier molecular flexibility index (Phi) is 5.79. The van der Waals surface area contributed by atoms with Gasteiger partial charge in [0, 0.05) is 34.6 Å². The number of pyridine rings is 1. The van der Waals surface area contributed by atoms with Crippen molar-refractivity contribution in [3.05, 3.63) is 86.7 Å². The number of aryl methyl sites for hydroxylation is 1. The molecule has 0 saturated carbocycles. The number of aromatic nitrogens is 1. The van der Waals surface area contributed by atoms with E-state index < -0.39 is 0 Å². The van der Waals surface area contributed by atoms with Gasteiger partial charge in [0.2, 0.25) is 0 Å². The molecule has 5 rings (SSSR count). The number of hydrogen-bond donors (Lipinski definition) is 1. The minimum absolute atomic E-state index is 0.0129. The van der Waals surface area contributed by atoms with E-state index in [4.69, 9.17) is 4.74 Å². The molecule has 1 N–H and O–H groups in total. The van der Waals surface area contributed by atoms with Crippen molar-refractivity contribution in [1.82, 2.24) is 9.88 Å². The van der Waals surface area contributed by atoms with E-state index in [1.807, 2.05) is 61.2 Å². The monoisotopic (exact) mass is 471 g/mol. The Hall–Kier alpha value is -3.71. The average molecular weight is 472 g/mol. The number of rotatable bonds is 4. The molecular weight excluding hydrogens is 446 g/mol. The van der Waals surface area contributed by atoms with Crippen molar-refractivity contribution in [2.45, 2.75) is 26.8 Å². The molecule has 1 aliphatic heterocycles. The summed E-state index contributed by atoms with van der Waals surface area (Å²) < 4.78 is 5.30. The van der Waals surface area contributed by atoms with Gasteiger partial charge in [-0.2, -0.15) is 0 Å². The smallest absolute Gasteiger partial charge is 0.257 e. The predicted molar refractivity (Wildman–Crippen MR) is 135 cm³/mol. The van der Waals surface area contributed by atoms with Gasteiger partial charge in [-0.3, -0.25) is 14.6 Å². The Bertz CT molecular complexity index is 1430. The Morgan fingerprint density at radius 2 is 1.94 bits per heavy atom. The van der Waals surface area contributed by atoms with Crippen molar-refractivity contribution in [2.24, 2.45) is 0 Å². The number of amides is 2. The summed E-state index contributed by atoms with van der Waals surface area (Å²) in [5.41, 5.74) is 5.13. The highest BCUT2D eigenvalue weighted by Gasteiger charge is 2.24. The molecule has 6 nitrogen and oxygen atoms in total. The van der Waals surface area contributed by atoms with E-state index in [9.17, 15) is 9.59 Å². The van der Waals surface area contributed by atoms with Gasteiger partial charge in [-0.25, -0.2) is 0 Å². The molecule has 0 unspecified atom stereocenters. The Morgan fingerprint density at radius 1 is 1.09 bits per heavy atom. The average Bonchev–Trinajstić information content (AvgIpc) is 3.32. The first-order chi connectivity index (χ1) is 16.4. The number of anilines is 1. The van der Waals surface area contributed by atoms with E-state index in [-0.39, 0.29) is 11.8 Å². The zero-order chi connectivity index (χ0) is 23.8. The molecule has 7 heteroatoms. The molecule has 0 spiro atoms. The quantitative estimate of drug-likeness (QED) is 0.434. The number of carbonyl (C=O) groups is 2. The maximum atomic E-state index is 13.3. The minimum Gasteiger partial charge on any atom is -0.497 e. The number of benzene rings is 2. The van der Waals surface area contributed by atoms with Gasteiger partial charge in [-0.1, -0.05) is 6.07 Å². The first-order valence-corrected chi connectivity index (χ1v) is 12.0. The third kappa shape index (κ3) is 4.03. The van der Waals surface area contributed by atoms with Gasteiger partial charge in [0.05, 0.1) is 23.9 Å². The highest BCUT2D eigenvalue weighted by Crippen LogP contribution is 2.28. The zero-order valence-electron chi connectivity index (χ0n) is 19.3. The number of thiophene rings is 1. The summed E-state index contributed by atoms with van der Waals surface area (Å²) in [5, 5.41) is 5.90. The first-order valence-electron chi connectivity index (χ1n) is 11.2. The highest BCUT2D eigenvalue weighted by molar-refractivity contribution is 7.10. The van der Waals surface area contributed by atoms with Crippen molar-refractivity contribution < 1.29 is 14.3 Å². The van der Waals surface area contributed by atoms with Crippen molar-refractivity contribution in [2.75, 3.05) is 19.0 Å². The fraction of sp³-hybridized carbons (Fsp3) is 0.222. The van der Waals surface area contributed by atoms with Crippen LogP contribution in [0.5, 0.6) is 5.75 Å². The van der Waals surface area contributed by atoms with Crippen molar-refractivity contribution >= 4 is 39.7 Å². The lowest BCUT2D eigenvalue weighted by molar-refractivity contribution is 0.0735. The van der Waals surface area contributed by atoms with Gasteiger partial charge >= 0.3 is 0 Å². The van der Waals surface area contributed by atoms with Crippen LogP contribution in [0.3, 0.4) is 0 Å². The van der Waals surface area contributed by atoms with Crippen molar-refractivity contribution in [3.8, 4) is 5.75 Å². The number of hydrogen-bond acceptors (Lipinski definition) is 5. The molecule has 2 amide bonds. The summed E-state index contributed by atoms with van der Waals surface area (Å²) in [6.07, 6.45) is 0.882. The molecule has 2 aromatic carbocycles. The van der Waals surface area contributed by atoms with Crippen LogP contribution in [0.1, 0.15) is 42.4 Å². The standard InChI is InChI=1S/C27H25N3O3S/c1-16-21(27(32)30-11-9-25-18(15-30)10-12-34-25)5-4-6-23(16)29-26(31)22-14-19-13-20(33-3)7-8-24(19)28-17(22)2/h4-8,10,12-14H,9,11,15H2,1-3H3,(H,29,31).